The number of amides is 1. The Morgan fingerprint density at radius 2 is 1.69 bits per heavy atom. The topological polar surface area (TPSA) is 76.4 Å². The number of fused-ring (bicyclic) bond motifs is 1. The van der Waals surface area contributed by atoms with Crippen LogP contribution in [0.25, 0.3) is 22.6 Å². The Labute approximate surface area is 201 Å². The van der Waals surface area contributed by atoms with Gasteiger partial charge < -0.3 is 14.5 Å². The predicted molar refractivity (Wildman–Crippen MR) is 125 cm³/mol. The lowest BCUT2D eigenvalue weighted by Crippen LogP contribution is -2.35. The molecule has 180 valence electrons. The number of carbonyl (C=O) groups excluding carboxylic acids is 1. The lowest BCUT2D eigenvalue weighted by molar-refractivity contribution is 0.0966. The highest BCUT2D eigenvalue weighted by Crippen LogP contribution is 2.30. The highest BCUT2D eigenvalue weighted by atomic mass is 32.1. The van der Waals surface area contributed by atoms with Gasteiger partial charge in [-0.2, -0.15) is 8.78 Å². The summed E-state index contributed by atoms with van der Waals surface area (Å²) in [6.45, 7) is 2.05. The second-order valence-electron chi connectivity index (χ2n) is 7.32. The zero-order valence-corrected chi connectivity index (χ0v) is 19.2. The van der Waals surface area contributed by atoms with Crippen molar-refractivity contribution >= 4 is 40.0 Å². The number of ether oxygens (including phenoxy) is 1. The molecule has 35 heavy (non-hydrogen) atoms. The Kier molecular flexibility index (Phi) is 6.70. The Balaban J connectivity index is 1.51. The molecule has 0 aliphatic rings. The van der Waals surface area contributed by atoms with Crippen molar-refractivity contribution in [2.24, 2.45) is 0 Å². The van der Waals surface area contributed by atoms with Gasteiger partial charge in [-0.1, -0.05) is 19.1 Å². The standard InChI is InChI=1S/C24H17F4N3O3S/c1-3-11-4-6-12(7-5-11)23-30-14-10-13(8-9-15(14)34-23)29-24(35)31-22(32)16-17(25)19(27)21(33-2)20(28)18(16)26/h4-10H,3H2,1-2H3,(H2,29,31,32,35). The van der Waals surface area contributed by atoms with Gasteiger partial charge >= 0.3 is 0 Å². The van der Waals surface area contributed by atoms with Crippen LogP contribution in [0.2, 0.25) is 0 Å². The van der Waals surface area contributed by atoms with Crippen molar-refractivity contribution in [2.75, 3.05) is 12.4 Å². The minimum absolute atomic E-state index is 0.372. The van der Waals surface area contributed by atoms with Crippen LogP contribution in [-0.4, -0.2) is 23.1 Å². The zero-order valence-electron chi connectivity index (χ0n) is 18.3. The van der Waals surface area contributed by atoms with Gasteiger partial charge in [0.25, 0.3) is 5.91 Å². The van der Waals surface area contributed by atoms with E-state index in [1.807, 2.05) is 29.6 Å². The molecule has 1 amide bonds. The van der Waals surface area contributed by atoms with Gasteiger partial charge in [0.2, 0.25) is 17.5 Å². The normalized spacial score (nSPS) is 10.9. The summed E-state index contributed by atoms with van der Waals surface area (Å²) in [4.78, 5) is 16.7. The number of halogens is 4. The molecule has 0 unspecified atom stereocenters. The van der Waals surface area contributed by atoms with Gasteiger partial charge in [0.15, 0.2) is 28.1 Å². The number of nitrogens with one attached hydrogen (secondary N) is 2. The molecule has 0 saturated heterocycles. The minimum atomic E-state index is -1.91. The molecule has 0 fully saturated rings. The van der Waals surface area contributed by atoms with Gasteiger partial charge in [-0.25, -0.2) is 13.8 Å². The summed E-state index contributed by atoms with van der Waals surface area (Å²) in [6.07, 6.45) is 0.904. The van der Waals surface area contributed by atoms with Crippen LogP contribution in [0.15, 0.2) is 46.9 Å². The monoisotopic (exact) mass is 503 g/mol. The van der Waals surface area contributed by atoms with Crippen molar-refractivity contribution in [3.05, 3.63) is 76.9 Å². The Hall–Kier alpha value is -3.99. The van der Waals surface area contributed by atoms with Crippen molar-refractivity contribution in [3.8, 4) is 17.2 Å². The number of thiocarbonyl (C=S) groups is 1. The average molecular weight is 503 g/mol. The summed E-state index contributed by atoms with van der Waals surface area (Å²) in [7, 11) is 0.829. The first-order valence-corrected chi connectivity index (χ1v) is 10.7. The number of nitrogens with zero attached hydrogens (tertiary/aromatic N) is 1. The quantitative estimate of drug-likeness (QED) is 0.205. The van der Waals surface area contributed by atoms with E-state index in [-0.39, 0.29) is 5.11 Å². The van der Waals surface area contributed by atoms with Crippen molar-refractivity contribution in [1.29, 1.82) is 0 Å². The molecule has 0 atom stereocenters. The number of carbonyl (C=O) groups is 1. The fraction of sp³-hybridized carbons (Fsp3) is 0.125. The molecule has 1 aromatic heterocycles. The first-order chi connectivity index (χ1) is 16.7. The molecular formula is C24H17F4N3O3S. The average Bonchev–Trinajstić information content (AvgIpc) is 3.27. The van der Waals surface area contributed by atoms with Gasteiger partial charge in [0.05, 0.1) is 7.11 Å². The van der Waals surface area contributed by atoms with E-state index in [9.17, 15) is 22.4 Å². The Morgan fingerprint density at radius 3 is 2.29 bits per heavy atom. The number of benzene rings is 3. The third kappa shape index (κ3) is 4.67. The van der Waals surface area contributed by atoms with Crippen LogP contribution in [0.5, 0.6) is 5.75 Å². The number of hydrogen-bond acceptors (Lipinski definition) is 5. The summed E-state index contributed by atoms with van der Waals surface area (Å²) in [5, 5.41) is 4.27. The van der Waals surface area contributed by atoms with E-state index in [4.69, 9.17) is 16.6 Å². The molecule has 0 aliphatic carbocycles. The summed E-state index contributed by atoms with van der Waals surface area (Å²) in [5.74, 6) is -9.87. The first kappa shape index (κ1) is 24.1. The molecular weight excluding hydrogens is 486 g/mol. The van der Waals surface area contributed by atoms with Crippen molar-refractivity contribution in [2.45, 2.75) is 13.3 Å². The Morgan fingerprint density at radius 1 is 1.03 bits per heavy atom. The molecule has 0 saturated carbocycles. The molecule has 11 heteroatoms. The van der Waals surface area contributed by atoms with E-state index in [0.29, 0.717) is 22.7 Å². The molecule has 4 aromatic rings. The Bertz CT molecular complexity index is 1430. The van der Waals surface area contributed by atoms with Gasteiger partial charge in [-0.15, -0.1) is 0 Å². The fourth-order valence-electron chi connectivity index (χ4n) is 3.33. The maximum absolute atomic E-state index is 14.2. The number of aryl methyl sites for hydroxylation is 1. The molecule has 3 aromatic carbocycles. The number of methoxy groups -OCH3 is 1. The van der Waals surface area contributed by atoms with E-state index in [1.54, 1.807) is 18.2 Å². The number of anilines is 1. The number of aromatic nitrogens is 1. The highest BCUT2D eigenvalue weighted by molar-refractivity contribution is 7.80. The smallest absolute Gasteiger partial charge is 0.263 e. The van der Waals surface area contributed by atoms with Gasteiger partial charge in [-0.05, 0) is 54.5 Å². The highest BCUT2D eigenvalue weighted by Gasteiger charge is 2.30. The van der Waals surface area contributed by atoms with E-state index < -0.39 is 40.5 Å². The minimum Gasteiger partial charge on any atom is -0.491 e. The van der Waals surface area contributed by atoms with Gasteiger partial charge in [0, 0.05) is 11.3 Å². The largest absolute Gasteiger partial charge is 0.491 e. The maximum Gasteiger partial charge on any atom is 0.263 e. The summed E-state index contributed by atoms with van der Waals surface area (Å²) < 4.78 is 66.2. The predicted octanol–water partition coefficient (Wildman–Crippen LogP) is 5.75. The van der Waals surface area contributed by atoms with E-state index in [2.05, 4.69) is 22.0 Å². The van der Waals surface area contributed by atoms with E-state index in [1.165, 1.54) is 5.56 Å². The first-order valence-electron chi connectivity index (χ1n) is 10.3. The molecule has 1 heterocycles. The molecule has 0 aliphatic heterocycles. The summed E-state index contributed by atoms with van der Waals surface area (Å²) in [6, 6.07) is 12.5. The molecule has 2 N–H and O–H groups in total. The van der Waals surface area contributed by atoms with Crippen LogP contribution in [0, 0.1) is 23.3 Å². The third-order valence-electron chi connectivity index (χ3n) is 5.14. The lowest BCUT2D eigenvalue weighted by atomic mass is 10.1. The SMILES string of the molecule is CCc1ccc(-c2nc3cc(NC(=S)NC(=O)c4c(F)c(F)c(OC)c(F)c4F)ccc3o2)cc1. The van der Waals surface area contributed by atoms with Crippen molar-refractivity contribution in [3.63, 3.8) is 0 Å². The molecule has 6 nitrogen and oxygen atoms in total. The van der Waals surface area contributed by atoms with Crippen molar-refractivity contribution < 1.29 is 31.5 Å². The third-order valence-corrected chi connectivity index (χ3v) is 5.34. The van der Waals surface area contributed by atoms with Crippen LogP contribution in [0.4, 0.5) is 23.2 Å². The van der Waals surface area contributed by atoms with Crippen LogP contribution in [0.3, 0.4) is 0 Å². The fourth-order valence-corrected chi connectivity index (χ4v) is 3.54. The summed E-state index contributed by atoms with van der Waals surface area (Å²) >= 11 is 5.00. The maximum atomic E-state index is 14.2. The number of oxazole rings is 1. The number of hydrogen-bond donors (Lipinski definition) is 2. The second kappa shape index (κ2) is 9.71. The van der Waals surface area contributed by atoms with Gasteiger partial charge in [-0.3, -0.25) is 10.1 Å². The molecule has 0 spiro atoms. The molecule has 0 bridgehead atoms. The van der Waals surface area contributed by atoms with E-state index >= 15 is 0 Å². The lowest BCUT2D eigenvalue weighted by Gasteiger charge is -2.12. The number of rotatable bonds is 5. The molecule has 0 radical (unpaired) electrons. The van der Waals surface area contributed by atoms with Crippen molar-refractivity contribution in [1.82, 2.24) is 10.3 Å². The van der Waals surface area contributed by atoms with E-state index in [0.717, 1.165) is 19.1 Å². The van der Waals surface area contributed by atoms with Crippen LogP contribution >= 0.6 is 12.2 Å². The van der Waals surface area contributed by atoms with Gasteiger partial charge in [0.1, 0.15) is 11.1 Å². The summed E-state index contributed by atoms with van der Waals surface area (Å²) in [5.41, 5.74) is 1.83. The second-order valence-corrected chi connectivity index (χ2v) is 7.73. The zero-order chi connectivity index (χ0) is 25.3. The molecule has 4 rings (SSSR count). The van der Waals surface area contributed by atoms with Crippen LogP contribution in [0.1, 0.15) is 22.8 Å². The van der Waals surface area contributed by atoms with Crippen LogP contribution in [-0.2, 0) is 6.42 Å². The van der Waals surface area contributed by atoms with Crippen LogP contribution < -0.4 is 15.4 Å².